The number of benzene rings is 3. The van der Waals surface area contributed by atoms with Gasteiger partial charge < -0.3 is 9.64 Å². The fourth-order valence-corrected chi connectivity index (χ4v) is 4.52. The van der Waals surface area contributed by atoms with Crippen molar-refractivity contribution >= 4 is 17.5 Å². The van der Waals surface area contributed by atoms with E-state index in [0.29, 0.717) is 23.9 Å². The molecule has 3 aromatic carbocycles. The summed E-state index contributed by atoms with van der Waals surface area (Å²) >= 11 is 6.11. The first-order valence-electron chi connectivity index (χ1n) is 11.6. The zero-order valence-electron chi connectivity index (χ0n) is 19.0. The molecule has 1 aliphatic heterocycles. The van der Waals surface area contributed by atoms with Crippen molar-refractivity contribution in [2.75, 3.05) is 6.61 Å². The molecule has 0 saturated carbocycles. The number of hydrogen-bond acceptors (Lipinski definition) is 3. The number of nitrogens with one attached hydrogen (secondary N) is 1. The maximum Gasteiger partial charge on any atom is 0.273 e. The van der Waals surface area contributed by atoms with Crippen LogP contribution in [0.5, 0.6) is 5.75 Å². The average molecular weight is 472 g/mol. The number of carbonyl (C=O) groups excluding carboxylic acids is 1. The molecule has 1 N–H and O–H groups in total. The van der Waals surface area contributed by atoms with Crippen LogP contribution in [0.4, 0.5) is 0 Å². The Hall–Kier alpha value is -3.57. The second-order valence-corrected chi connectivity index (χ2v) is 8.90. The molecule has 0 radical (unpaired) electrons. The summed E-state index contributed by atoms with van der Waals surface area (Å²) in [5.74, 6) is 0.779. The van der Waals surface area contributed by atoms with Crippen LogP contribution in [0.15, 0.2) is 78.9 Å². The minimum absolute atomic E-state index is 0.0557. The fraction of sp³-hybridized carbons (Fsp3) is 0.214. The molecule has 5 nitrogen and oxygen atoms in total. The molecule has 0 spiro atoms. The second kappa shape index (κ2) is 9.74. The molecule has 0 fully saturated rings. The summed E-state index contributed by atoms with van der Waals surface area (Å²) < 4.78 is 5.85. The molecule has 34 heavy (non-hydrogen) atoms. The molecule has 1 amide bonds. The van der Waals surface area contributed by atoms with Crippen molar-refractivity contribution in [3.05, 3.63) is 106 Å². The Labute approximate surface area is 204 Å². The summed E-state index contributed by atoms with van der Waals surface area (Å²) in [5.41, 5.74) is 5.20. The van der Waals surface area contributed by atoms with Crippen LogP contribution in [-0.2, 0) is 6.54 Å². The average Bonchev–Trinajstić information content (AvgIpc) is 3.40. The summed E-state index contributed by atoms with van der Waals surface area (Å²) in [4.78, 5) is 15.4. The van der Waals surface area contributed by atoms with Crippen molar-refractivity contribution < 1.29 is 9.53 Å². The van der Waals surface area contributed by atoms with Crippen LogP contribution in [0, 0.1) is 0 Å². The molecule has 0 saturated heterocycles. The van der Waals surface area contributed by atoms with Crippen molar-refractivity contribution in [2.24, 2.45) is 0 Å². The lowest BCUT2D eigenvalue weighted by Gasteiger charge is -2.26. The highest BCUT2D eigenvalue weighted by molar-refractivity contribution is 6.30. The van der Waals surface area contributed by atoms with Gasteiger partial charge in [-0.1, -0.05) is 79.5 Å². The predicted molar refractivity (Wildman–Crippen MR) is 134 cm³/mol. The Bertz CT molecular complexity index is 1270. The van der Waals surface area contributed by atoms with Gasteiger partial charge in [-0.15, -0.1) is 0 Å². The van der Waals surface area contributed by atoms with Crippen LogP contribution in [-0.4, -0.2) is 27.6 Å². The van der Waals surface area contributed by atoms with Gasteiger partial charge in [-0.3, -0.25) is 9.89 Å². The first kappa shape index (κ1) is 22.2. The molecule has 1 aromatic heterocycles. The number of aromatic amines is 1. The monoisotopic (exact) mass is 471 g/mol. The largest absolute Gasteiger partial charge is 0.494 e. The number of amides is 1. The van der Waals surface area contributed by atoms with Gasteiger partial charge in [0.2, 0.25) is 0 Å². The zero-order chi connectivity index (χ0) is 23.5. The van der Waals surface area contributed by atoms with E-state index in [4.69, 9.17) is 16.3 Å². The molecule has 4 aromatic rings. The second-order valence-electron chi connectivity index (χ2n) is 8.46. The van der Waals surface area contributed by atoms with E-state index in [1.54, 1.807) is 0 Å². The quantitative estimate of drug-likeness (QED) is 0.292. The van der Waals surface area contributed by atoms with Crippen LogP contribution in [0.25, 0.3) is 11.3 Å². The number of unbranched alkanes of at least 4 members (excludes halogenated alkanes) is 1. The number of nitrogens with zero attached hydrogens (tertiary/aromatic N) is 2. The molecule has 0 aliphatic carbocycles. The number of H-pyrrole nitrogens is 1. The Balaban J connectivity index is 1.55. The van der Waals surface area contributed by atoms with Crippen molar-refractivity contribution in [3.63, 3.8) is 0 Å². The predicted octanol–water partition coefficient (Wildman–Crippen LogP) is 6.65. The van der Waals surface area contributed by atoms with E-state index in [2.05, 4.69) is 17.1 Å². The number of carbonyl (C=O) groups is 1. The van der Waals surface area contributed by atoms with Crippen LogP contribution in [0.1, 0.15) is 53.0 Å². The summed E-state index contributed by atoms with van der Waals surface area (Å²) in [5, 5.41) is 8.20. The van der Waals surface area contributed by atoms with E-state index in [1.807, 2.05) is 83.8 Å². The Morgan fingerprint density at radius 2 is 1.74 bits per heavy atom. The highest BCUT2D eigenvalue weighted by atomic mass is 35.5. The van der Waals surface area contributed by atoms with Gasteiger partial charge in [0, 0.05) is 22.7 Å². The maximum atomic E-state index is 13.5. The molecule has 6 heteroatoms. The summed E-state index contributed by atoms with van der Waals surface area (Å²) in [6.07, 6.45) is 2.11. The first-order valence-corrected chi connectivity index (χ1v) is 12.0. The number of fused-ring (bicyclic) bond motifs is 1. The van der Waals surface area contributed by atoms with Crippen molar-refractivity contribution in [2.45, 2.75) is 32.4 Å². The van der Waals surface area contributed by atoms with E-state index < -0.39 is 0 Å². The molecular weight excluding hydrogens is 446 g/mol. The van der Waals surface area contributed by atoms with Crippen LogP contribution < -0.4 is 4.74 Å². The molecular formula is C28H26ClN3O2. The van der Waals surface area contributed by atoms with Gasteiger partial charge in [-0.25, -0.2) is 0 Å². The Morgan fingerprint density at radius 3 is 2.44 bits per heavy atom. The Kier molecular flexibility index (Phi) is 6.37. The van der Waals surface area contributed by atoms with E-state index >= 15 is 0 Å². The highest BCUT2D eigenvalue weighted by Gasteiger charge is 2.42. The molecule has 2 heterocycles. The number of ether oxygens (including phenoxy) is 1. The minimum atomic E-state index is -0.267. The van der Waals surface area contributed by atoms with Gasteiger partial charge in [0.15, 0.2) is 0 Å². The van der Waals surface area contributed by atoms with Gasteiger partial charge in [0.25, 0.3) is 5.91 Å². The lowest BCUT2D eigenvalue weighted by molar-refractivity contribution is 0.0730. The molecule has 1 unspecified atom stereocenters. The summed E-state index contributed by atoms with van der Waals surface area (Å²) in [6, 6.07) is 25.4. The number of aromatic nitrogens is 2. The van der Waals surface area contributed by atoms with Crippen LogP contribution in [0.2, 0.25) is 5.02 Å². The van der Waals surface area contributed by atoms with E-state index in [9.17, 15) is 4.79 Å². The fourth-order valence-electron chi connectivity index (χ4n) is 4.39. The number of halogens is 1. The lowest BCUT2D eigenvalue weighted by atomic mass is 9.96. The normalized spacial score (nSPS) is 14.9. The number of rotatable bonds is 8. The smallest absolute Gasteiger partial charge is 0.273 e. The molecule has 0 bridgehead atoms. The van der Waals surface area contributed by atoms with Gasteiger partial charge >= 0.3 is 0 Å². The van der Waals surface area contributed by atoms with Gasteiger partial charge in [-0.05, 0) is 41.8 Å². The third-order valence-electron chi connectivity index (χ3n) is 6.14. The standard InChI is InChI=1S/C28H26ClN3O2/c1-2-3-17-34-23-15-11-21(12-16-23)27-24-25(20-9-13-22(29)14-10-20)30-31-26(24)28(33)32(27)18-19-7-5-4-6-8-19/h4-16,27H,2-3,17-18H2,1H3,(H,30,31). The Morgan fingerprint density at radius 1 is 1.00 bits per heavy atom. The molecule has 172 valence electrons. The van der Waals surface area contributed by atoms with Gasteiger partial charge in [0.05, 0.1) is 18.3 Å². The van der Waals surface area contributed by atoms with Crippen molar-refractivity contribution in [3.8, 4) is 17.0 Å². The number of hydrogen-bond donors (Lipinski definition) is 1. The zero-order valence-corrected chi connectivity index (χ0v) is 19.8. The molecule has 1 aliphatic rings. The topological polar surface area (TPSA) is 58.2 Å². The SMILES string of the molecule is CCCCOc1ccc(C2c3c(-c4ccc(Cl)cc4)n[nH]c3C(=O)N2Cc2ccccc2)cc1. The summed E-state index contributed by atoms with van der Waals surface area (Å²) in [6.45, 7) is 3.35. The van der Waals surface area contributed by atoms with Gasteiger partial charge in [-0.2, -0.15) is 5.10 Å². The first-order chi connectivity index (χ1) is 16.7. The van der Waals surface area contributed by atoms with E-state index in [1.165, 1.54) is 0 Å². The third kappa shape index (κ3) is 4.31. The highest BCUT2D eigenvalue weighted by Crippen LogP contribution is 2.43. The van der Waals surface area contributed by atoms with Gasteiger partial charge in [0.1, 0.15) is 11.4 Å². The van der Waals surface area contributed by atoms with Crippen molar-refractivity contribution in [1.82, 2.24) is 15.1 Å². The lowest BCUT2D eigenvalue weighted by Crippen LogP contribution is -2.29. The third-order valence-corrected chi connectivity index (χ3v) is 6.39. The van der Waals surface area contributed by atoms with E-state index in [-0.39, 0.29) is 11.9 Å². The van der Waals surface area contributed by atoms with E-state index in [0.717, 1.165) is 46.5 Å². The summed E-state index contributed by atoms with van der Waals surface area (Å²) in [7, 11) is 0. The van der Waals surface area contributed by atoms with Crippen LogP contribution in [0.3, 0.4) is 0 Å². The molecule has 1 atom stereocenters. The van der Waals surface area contributed by atoms with Crippen LogP contribution >= 0.6 is 11.6 Å². The minimum Gasteiger partial charge on any atom is -0.494 e. The molecule has 5 rings (SSSR count). The maximum absolute atomic E-state index is 13.5. The van der Waals surface area contributed by atoms with Crippen molar-refractivity contribution in [1.29, 1.82) is 0 Å².